The van der Waals surface area contributed by atoms with Gasteiger partial charge in [0.25, 0.3) is 0 Å². The third-order valence-electron chi connectivity index (χ3n) is 2.49. The molecule has 0 aliphatic rings. The van der Waals surface area contributed by atoms with E-state index in [9.17, 15) is 15.2 Å². The van der Waals surface area contributed by atoms with E-state index in [-0.39, 0.29) is 17.9 Å². The molecule has 1 unspecified atom stereocenters. The number of hydrogen-bond donors (Lipinski definition) is 4. The maximum absolute atomic E-state index is 11.1. The predicted molar refractivity (Wildman–Crippen MR) is 78.4 cm³/mol. The second-order valence-electron chi connectivity index (χ2n) is 4.39. The van der Waals surface area contributed by atoms with E-state index in [0.717, 1.165) is 0 Å². The monoisotopic (exact) mass is 286 g/mol. The summed E-state index contributed by atoms with van der Waals surface area (Å²) >= 11 is 1.51. The molecule has 0 heterocycles. The average Bonchev–Trinajstić information content (AvgIpc) is 2.35. The first-order chi connectivity index (χ1) is 8.91. The topological polar surface area (TPSA) is 113 Å². The first-order valence-corrected chi connectivity index (χ1v) is 7.00. The summed E-state index contributed by atoms with van der Waals surface area (Å²) in [6.07, 6.45) is 1.88. The van der Waals surface area contributed by atoms with Crippen molar-refractivity contribution in [3.05, 3.63) is 28.3 Å². The van der Waals surface area contributed by atoms with Gasteiger partial charge in [0.2, 0.25) is 0 Å². The number of nitrogens with one attached hydrogen (secondary N) is 2. The number of para-hydroxylation sites is 1. The first kappa shape index (κ1) is 15.5. The fourth-order valence-corrected chi connectivity index (χ4v) is 2.37. The Balaban J connectivity index is 2.92. The van der Waals surface area contributed by atoms with Crippen LogP contribution < -0.4 is 16.6 Å². The molecule has 0 saturated carbocycles. The molecule has 1 aromatic carbocycles. The van der Waals surface area contributed by atoms with Crippen molar-refractivity contribution in [2.75, 3.05) is 29.3 Å². The van der Waals surface area contributed by atoms with Crippen LogP contribution in [0.1, 0.15) is 6.92 Å². The lowest BCUT2D eigenvalue weighted by Crippen LogP contribution is -2.36. The molecule has 1 aromatic rings. The molecular weight excluding hydrogens is 268 g/mol. The first-order valence-electron chi connectivity index (χ1n) is 5.60. The smallest absolute Gasteiger partial charge is 0.316 e. The molecule has 0 spiro atoms. The molecular formula is C11H18N4O3S. The van der Waals surface area contributed by atoms with Crippen molar-refractivity contribution >= 4 is 28.8 Å². The lowest BCUT2D eigenvalue weighted by atomic mass is 10.1. The molecule has 1 atom stereocenters. The van der Waals surface area contributed by atoms with Gasteiger partial charge in [0.15, 0.2) is 0 Å². The van der Waals surface area contributed by atoms with Crippen LogP contribution in [0.2, 0.25) is 0 Å². The van der Waals surface area contributed by atoms with Crippen molar-refractivity contribution in [1.82, 2.24) is 0 Å². The number of nitro benzene ring substituents is 1. The highest BCUT2D eigenvalue weighted by molar-refractivity contribution is 7.98. The van der Waals surface area contributed by atoms with Crippen LogP contribution in [0.3, 0.4) is 0 Å². The number of anilines is 2. The molecule has 0 amide bonds. The van der Waals surface area contributed by atoms with Gasteiger partial charge in [-0.3, -0.25) is 16.0 Å². The molecule has 0 aromatic heterocycles. The second-order valence-corrected chi connectivity index (χ2v) is 5.25. The number of aliphatic hydroxyl groups is 1. The highest BCUT2D eigenvalue weighted by Crippen LogP contribution is 2.32. The van der Waals surface area contributed by atoms with Crippen molar-refractivity contribution in [2.24, 2.45) is 5.84 Å². The third kappa shape index (κ3) is 4.27. The van der Waals surface area contributed by atoms with E-state index in [1.807, 2.05) is 6.26 Å². The number of nitrogen functional groups attached to an aromatic ring is 1. The number of rotatable bonds is 7. The molecule has 5 N–H and O–H groups in total. The quantitative estimate of drug-likeness (QED) is 0.340. The van der Waals surface area contributed by atoms with Gasteiger partial charge in [-0.1, -0.05) is 6.07 Å². The Labute approximate surface area is 115 Å². The molecule has 0 aliphatic heterocycles. The van der Waals surface area contributed by atoms with E-state index in [1.54, 1.807) is 19.1 Å². The molecule has 8 heteroatoms. The summed E-state index contributed by atoms with van der Waals surface area (Å²) in [6, 6.07) is 4.74. The summed E-state index contributed by atoms with van der Waals surface area (Å²) in [5.41, 5.74) is 1.75. The van der Waals surface area contributed by atoms with E-state index in [1.165, 1.54) is 17.8 Å². The summed E-state index contributed by atoms with van der Waals surface area (Å²) in [7, 11) is 0. The minimum absolute atomic E-state index is 0.134. The minimum Gasteiger partial charge on any atom is -0.387 e. The molecule has 0 bridgehead atoms. The van der Waals surface area contributed by atoms with Crippen molar-refractivity contribution < 1.29 is 10.0 Å². The van der Waals surface area contributed by atoms with Gasteiger partial charge in [0.1, 0.15) is 11.4 Å². The van der Waals surface area contributed by atoms with E-state index in [4.69, 9.17) is 5.84 Å². The lowest BCUT2D eigenvalue weighted by Gasteiger charge is -2.23. The van der Waals surface area contributed by atoms with Crippen LogP contribution in [-0.4, -0.2) is 34.2 Å². The van der Waals surface area contributed by atoms with E-state index >= 15 is 0 Å². The third-order valence-corrected chi connectivity index (χ3v) is 3.40. The Bertz CT molecular complexity index is 454. The second kappa shape index (κ2) is 6.60. The fourth-order valence-electron chi connectivity index (χ4n) is 1.65. The highest BCUT2D eigenvalue weighted by Gasteiger charge is 2.23. The summed E-state index contributed by atoms with van der Waals surface area (Å²) in [5.74, 6) is 5.78. The zero-order valence-corrected chi connectivity index (χ0v) is 11.7. The molecule has 0 radical (unpaired) electrons. The molecule has 0 fully saturated rings. The van der Waals surface area contributed by atoms with Gasteiger partial charge in [-0.2, -0.15) is 11.8 Å². The molecule has 1 rings (SSSR count). The Morgan fingerprint density at radius 3 is 2.68 bits per heavy atom. The average molecular weight is 286 g/mol. The van der Waals surface area contributed by atoms with Crippen LogP contribution in [0.4, 0.5) is 17.1 Å². The molecule has 7 nitrogen and oxygen atoms in total. The number of thioether (sulfide) groups is 1. The van der Waals surface area contributed by atoms with Crippen molar-refractivity contribution in [2.45, 2.75) is 12.5 Å². The zero-order valence-electron chi connectivity index (χ0n) is 10.8. The van der Waals surface area contributed by atoms with Gasteiger partial charge in [-0.15, -0.1) is 0 Å². The van der Waals surface area contributed by atoms with Gasteiger partial charge in [0, 0.05) is 12.3 Å². The van der Waals surface area contributed by atoms with E-state index < -0.39 is 10.5 Å². The van der Waals surface area contributed by atoms with Gasteiger partial charge in [-0.25, -0.2) is 0 Å². The number of hydrazine groups is 1. The van der Waals surface area contributed by atoms with Crippen LogP contribution in [0.15, 0.2) is 18.2 Å². The Hall–Kier alpha value is -1.51. The number of hydrogen-bond acceptors (Lipinski definition) is 7. The van der Waals surface area contributed by atoms with Crippen LogP contribution in [0, 0.1) is 10.1 Å². The number of nitrogens with two attached hydrogens (primary N) is 1. The van der Waals surface area contributed by atoms with Crippen molar-refractivity contribution in [3.63, 3.8) is 0 Å². The number of nitro groups is 1. The van der Waals surface area contributed by atoms with Gasteiger partial charge in [-0.05, 0) is 25.3 Å². The maximum atomic E-state index is 11.1. The predicted octanol–water partition coefficient (Wildman–Crippen LogP) is 1.41. The molecule has 0 saturated heterocycles. The fraction of sp³-hybridized carbons (Fsp3) is 0.455. The maximum Gasteiger partial charge on any atom is 0.316 e. The summed E-state index contributed by atoms with van der Waals surface area (Å²) < 4.78 is 0. The lowest BCUT2D eigenvalue weighted by molar-refractivity contribution is -0.383. The standard InChI is InChI=1S/C11H18N4O3S/c1-11(16,7-19-2)6-13-8-4-3-5-9(14-12)10(8)15(17)18/h3-5,13-14,16H,6-7,12H2,1-2H3. The van der Waals surface area contributed by atoms with Gasteiger partial charge in [0.05, 0.1) is 10.5 Å². The van der Waals surface area contributed by atoms with E-state index in [2.05, 4.69) is 10.7 Å². The number of benzene rings is 1. The van der Waals surface area contributed by atoms with E-state index in [0.29, 0.717) is 11.4 Å². The SMILES string of the molecule is CSCC(C)(O)CNc1cccc(NN)c1[N+](=O)[O-]. The van der Waals surface area contributed by atoms with Crippen molar-refractivity contribution in [1.29, 1.82) is 0 Å². The minimum atomic E-state index is -0.945. The Kier molecular flexibility index (Phi) is 5.40. The van der Waals surface area contributed by atoms with Crippen LogP contribution in [-0.2, 0) is 0 Å². The van der Waals surface area contributed by atoms with Gasteiger partial charge >= 0.3 is 5.69 Å². The summed E-state index contributed by atoms with van der Waals surface area (Å²) in [4.78, 5) is 10.5. The molecule has 19 heavy (non-hydrogen) atoms. The largest absolute Gasteiger partial charge is 0.387 e. The molecule has 106 valence electrons. The van der Waals surface area contributed by atoms with Crippen LogP contribution in [0.25, 0.3) is 0 Å². The normalized spacial score (nSPS) is 13.7. The Morgan fingerprint density at radius 2 is 2.16 bits per heavy atom. The zero-order chi connectivity index (χ0) is 14.5. The highest BCUT2D eigenvalue weighted by atomic mass is 32.2. The Morgan fingerprint density at radius 1 is 1.53 bits per heavy atom. The van der Waals surface area contributed by atoms with Gasteiger partial charge < -0.3 is 15.8 Å². The summed E-state index contributed by atoms with van der Waals surface area (Å²) in [5, 5.41) is 24.0. The van der Waals surface area contributed by atoms with Crippen LogP contribution >= 0.6 is 11.8 Å². The molecule has 0 aliphatic carbocycles. The summed E-state index contributed by atoms with van der Waals surface area (Å²) in [6.45, 7) is 1.88. The van der Waals surface area contributed by atoms with Crippen LogP contribution in [0.5, 0.6) is 0 Å². The van der Waals surface area contributed by atoms with Crippen molar-refractivity contribution in [3.8, 4) is 0 Å². The number of nitrogens with zero attached hydrogens (tertiary/aromatic N) is 1.